The first-order valence-electron chi connectivity index (χ1n) is 7.12. The molecule has 0 spiro atoms. The SMILES string of the molecule is O=[N+]([O-])c1cccc(NC(=S)NCCC2=CCCCC2)c1. The Bertz CT molecular complexity index is 558. The molecule has 0 saturated heterocycles. The molecule has 112 valence electrons. The fraction of sp³-hybridized carbons (Fsp3) is 0.400. The van der Waals surface area contributed by atoms with Crippen molar-refractivity contribution >= 4 is 28.7 Å². The monoisotopic (exact) mass is 305 g/mol. The Morgan fingerprint density at radius 2 is 2.24 bits per heavy atom. The van der Waals surface area contributed by atoms with Crippen molar-refractivity contribution < 1.29 is 4.92 Å². The number of nitro groups is 1. The van der Waals surface area contributed by atoms with Gasteiger partial charge < -0.3 is 10.6 Å². The van der Waals surface area contributed by atoms with Crippen molar-refractivity contribution in [1.29, 1.82) is 0 Å². The third kappa shape index (κ3) is 5.15. The van der Waals surface area contributed by atoms with Gasteiger partial charge >= 0.3 is 0 Å². The fourth-order valence-corrected chi connectivity index (χ4v) is 2.56. The van der Waals surface area contributed by atoms with Crippen LogP contribution >= 0.6 is 12.2 Å². The van der Waals surface area contributed by atoms with Gasteiger partial charge in [0.1, 0.15) is 0 Å². The van der Waals surface area contributed by atoms with Gasteiger partial charge in [0.05, 0.1) is 4.92 Å². The first kappa shape index (κ1) is 15.4. The Morgan fingerprint density at radius 3 is 2.95 bits per heavy atom. The van der Waals surface area contributed by atoms with Crippen molar-refractivity contribution in [2.45, 2.75) is 32.1 Å². The van der Waals surface area contributed by atoms with Gasteiger partial charge in [-0.3, -0.25) is 10.1 Å². The number of non-ortho nitro benzene ring substituents is 1. The number of benzene rings is 1. The maximum Gasteiger partial charge on any atom is 0.271 e. The van der Waals surface area contributed by atoms with Crippen LogP contribution in [0.4, 0.5) is 11.4 Å². The molecule has 1 aliphatic rings. The molecule has 0 saturated carbocycles. The molecule has 0 unspecified atom stereocenters. The highest BCUT2D eigenvalue weighted by atomic mass is 32.1. The van der Waals surface area contributed by atoms with E-state index >= 15 is 0 Å². The summed E-state index contributed by atoms with van der Waals surface area (Å²) in [7, 11) is 0. The molecular weight excluding hydrogens is 286 g/mol. The zero-order valence-corrected chi connectivity index (χ0v) is 12.6. The second-order valence-corrected chi connectivity index (χ2v) is 5.45. The number of hydrogen-bond donors (Lipinski definition) is 2. The van der Waals surface area contributed by atoms with E-state index in [4.69, 9.17) is 12.2 Å². The molecule has 0 radical (unpaired) electrons. The summed E-state index contributed by atoms with van der Waals surface area (Å²) in [5.41, 5.74) is 2.17. The van der Waals surface area contributed by atoms with Crippen LogP contribution in [0.2, 0.25) is 0 Å². The molecule has 21 heavy (non-hydrogen) atoms. The predicted molar refractivity (Wildman–Crippen MR) is 88.5 cm³/mol. The second kappa shape index (κ2) is 7.73. The molecule has 2 N–H and O–H groups in total. The van der Waals surface area contributed by atoms with Crippen molar-refractivity contribution in [3.05, 3.63) is 46.0 Å². The minimum Gasteiger partial charge on any atom is -0.362 e. The molecule has 2 rings (SSSR count). The van der Waals surface area contributed by atoms with E-state index in [1.807, 2.05) is 0 Å². The highest BCUT2D eigenvalue weighted by molar-refractivity contribution is 7.80. The lowest BCUT2D eigenvalue weighted by Crippen LogP contribution is -2.29. The largest absolute Gasteiger partial charge is 0.362 e. The maximum atomic E-state index is 10.7. The van der Waals surface area contributed by atoms with Crippen molar-refractivity contribution in [2.24, 2.45) is 0 Å². The molecule has 0 amide bonds. The number of allylic oxidation sites excluding steroid dienone is 1. The number of thiocarbonyl (C=S) groups is 1. The Kier molecular flexibility index (Phi) is 5.68. The molecule has 1 aromatic carbocycles. The standard InChI is InChI=1S/C15H19N3O2S/c19-18(20)14-8-4-7-13(11-14)17-15(21)16-10-9-12-5-2-1-3-6-12/h4-5,7-8,11H,1-3,6,9-10H2,(H2,16,17,21). The first-order chi connectivity index (χ1) is 10.1. The summed E-state index contributed by atoms with van der Waals surface area (Å²) in [4.78, 5) is 10.3. The van der Waals surface area contributed by atoms with Crippen LogP contribution in [0.25, 0.3) is 0 Å². The lowest BCUT2D eigenvalue weighted by molar-refractivity contribution is -0.384. The van der Waals surface area contributed by atoms with E-state index in [1.165, 1.54) is 43.4 Å². The van der Waals surface area contributed by atoms with Gasteiger partial charge in [0, 0.05) is 24.4 Å². The zero-order valence-electron chi connectivity index (χ0n) is 11.8. The zero-order chi connectivity index (χ0) is 15.1. The quantitative estimate of drug-likeness (QED) is 0.375. The van der Waals surface area contributed by atoms with Crippen molar-refractivity contribution in [1.82, 2.24) is 5.32 Å². The van der Waals surface area contributed by atoms with Crippen LogP contribution in [-0.4, -0.2) is 16.6 Å². The normalized spacial score (nSPS) is 14.2. The molecule has 0 bridgehead atoms. The smallest absolute Gasteiger partial charge is 0.271 e. The third-order valence-electron chi connectivity index (χ3n) is 3.43. The first-order valence-corrected chi connectivity index (χ1v) is 7.53. The van der Waals surface area contributed by atoms with Gasteiger partial charge in [-0.2, -0.15) is 0 Å². The lowest BCUT2D eigenvalue weighted by atomic mass is 9.97. The molecule has 0 fully saturated rings. The molecule has 0 heterocycles. The fourth-order valence-electron chi connectivity index (χ4n) is 2.34. The minimum absolute atomic E-state index is 0.0511. The van der Waals surface area contributed by atoms with Gasteiger partial charge in [0.25, 0.3) is 5.69 Å². The summed E-state index contributed by atoms with van der Waals surface area (Å²) in [5, 5.41) is 17.3. The summed E-state index contributed by atoms with van der Waals surface area (Å²) in [6.45, 7) is 0.784. The predicted octanol–water partition coefficient (Wildman–Crippen LogP) is 3.77. The van der Waals surface area contributed by atoms with E-state index in [-0.39, 0.29) is 5.69 Å². The summed E-state index contributed by atoms with van der Waals surface area (Å²) >= 11 is 5.20. The molecule has 1 aromatic rings. The molecule has 0 aliphatic heterocycles. The number of rotatable bonds is 5. The van der Waals surface area contributed by atoms with Crippen LogP contribution in [0.15, 0.2) is 35.9 Å². The Morgan fingerprint density at radius 1 is 1.38 bits per heavy atom. The van der Waals surface area contributed by atoms with Gasteiger partial charge in [-0.15, -0.1) is 0 Å². The number of nitro benzene ring substituents is 1. The van der Waals surface area contributed by atoms with E-state index in [1.54, 1.807) is 12.1 Å². The lowest BCUT2D eigenvalue weighted by Gasteiger charge is -2.14. The summed E-state index contributed by atoms with van der Waals surface area (Å²) in [6.07, 6.45) is 8.27. The summed E-state index contributed by atoms with van der Waals surface area (Å²) in [6, 6.07) is 6.31. The van der Waals surface area contributed by atoms with Gasteiger partial charge in [-0.25, -0.2) is 0 Å². The summed E-state index contributed by atoms with van der Waals surface area (Å²) < 4.78 is 0. The van der Waals surface area contributed by atoms with Crippen LogP contribution in [0.1, 0.15) is 32.1 Å². The molecule has 6 heteroatoms. The number of nitrogens with zero attached hydrogens (tertiary/aromatic N) is 1. The van der Waals surface area contributed by atoms with Gasteiger partial charge in [-0.1, -0.05) is 17.7 Å². The Balaban J connectivity index is 1.77. The Hall–Kier alpha value is -1.95. The highest BCUT2D eigenvalue weighted by Gasteiger charge is 2.07. The number of nitrogens with one attached hydrogen (secondary N) is 2. The average molecular weight is 305 g/mol. The minimum atomic E-state index is -0.419. The van der Waals surface area contributed by atoms with Crippen LogP contribution in [0, 0.1) is 10.1 Å². The van der Waals surface area contributed by atoms with E-state index in [0.717, 1.165) is 13.0 Å². The topological polar surface area (TPSA) is 67.2 Å². The van der Waals surface area contributed by atoms with E-state index in [2.05, 4.69) is 16.7 Å². The van der Waals surface area contributed by atoms with Crippen molar-refractivity contribution in [3.8, 4) is 0 Å². The van der Waals surface area contributed by atoms with Gasteiger partial charge in [0.2, 0.25) is 0 Å². The number of anilines is 1. The molecule has 0 aromatic heterocycles. The van der Waals surface area contributed by atoms with Gasteiger partial charge in [-0.05, 0) is 50.4 Å². The average Bonchev–Trinajstić information content (AvgIpc) is 2.48. The summed E-state index contributed by atoms with van der Waals surface area (Å²) in [5.74, 6) is 0. The van der Waals surface area contributed by atoms with Crippen molar-refractivity contribution in [3.63, 3.8) is 0 Å². The molecule has 1 aliphatic carbocycles. The molecule has 0 atom stereocenters. The van der Waals surface area contributed by atoms with Gasteiger partial charge in [0.15, 0.2) is 5.11 Å². The maximum absolute atomic E-state index is 10.7. The van der Waals surface area contributed by atoms with Crippen molar-refractivity contribution in [2.75, 3.05) is 11.9 Å². The highest BCUT2D eigenvalue weighted by Crippen LogP contribution is 2.19. The van der Waals surface area contributed by atoms with Crippen LogP contribution in [0.5, 0.6) is 0 Å². The van der Waals surface area contributed by atoms with E-state index in [9.17, 15) is 10.1 Å². The number of hydrogen-bond acceptors (Lipinski definition) is 3. The Labute approximate surface area is 129 Å². The van der Waals surface area contributed by atoms with Crippen LogP contribution in [0.3, 0.4) is 0 Å². The third-order valence-corrected chi connectivity index (χ3v) is 3.68. The van der Waals surface area contributed by atoms with E-state index in [0.29, 0.717) is 10.8 Å². The van der Waals surface area contributed by atoms with Crippen LogP contribution < -0.4 is 10.6 Å². The van der Waals surface area contributed by atoms with Crippen LogP contribution in [-0.2, 0) is 0 Å². The molecular formula is C15H19N3O2S. The molecule has 5 nitrogen and oxygen atoms in total. The van der Waals surface area contributed by atoms with E-state index < -0.39 is 4.92 Å². The second-order valence-electron chi connectivity index (χ2n) is 5.05.